The zero-order chi connectivity index (χ0) is 21.7. The zero-order valence-corrected chi connectivity index (χ0v) is 17.8. The molecule has 1 saturated carbocycles. The van der Waals surface area contributed by atoms with Gasteiger partial charge in [-0.05, 0) is 47.9 Å². The predicted octanol–water partition coefficient (Wildman–Crippen LogP) is 2.98. The molecule has 6 nitrogen and oxygen atoms in total. The summed E-state index contributed by atoms with van der Waals surface area (Å²) < 4.78 is 5.18. The summed E-state index contributed by atoms with van der Waals surface area (Å²) in [5.41, 5.74) is 0.898. The highest BCUT2D eigenvalue weighted by Crippen LogP contribution is 2.32. The first kappa shape index (κ1) is 21.8. The smallest absolute Gasteiger partial charge is 0.329 e. The lowest BCUT2D eigenvalue weighted by Crippen LogP contribution is -2.47. The van der Waals surface area contributed by atoms with E-state index in [0.717, 1.165) is 29.2 Å². The van der Waals surface area contributed by atoms with Gasteiger partial charge in [0.15, 0.2) is 6.61 Å². The van der Waals surface area contributed by atoms with E-state index in [-0.39, 0.29) is 36.8 Å². The Labute approximate surface area is 177 Å². The van der Waals surface area contributed by atoms with Crippen molar-refractivity contribution in [2.24, 2.45) is 11.8 Å². The Balaban J connectivity index is 1.55. The molecule has 0 aromatic heterocycles. The van der Waals surface area contributed by atoms with Crippen LogP contribution in [0.3, 0.4) is 0 Å². The molecule has 2 atom stereocenters. The molecule has 2 N–H and O–H groups in total. The molecule has 0 spiro atoms. The Kier molecular flexibility index (Phi) is 7.08. The summed E-state index contributed by atoms with van der Waals surface area (Å²) in [5.74, 6) is -0.796. The van der Waals surface area contributed by atoms with Crippen molar-refractivity contribution in [3.8, 4) is 0 Å². The number of hydrogen-bond acceptors (Lipinski definition) is 4. The van der Waals surface area contributed by atoms with E-state index in [1.165, 1.54) is 0 Å². The molecule has 0 radical (unpaired) electrons. The summed E-state index contributed by atoms with van der Waals surface area (Å²) in [6.07, 6.45) is 2.41. The molecule has 6 heteroatoms. The molecule has 3 rings (SSSR count). The van der Waals surface area contributed by atoms with Gasteiger partial charge < -0.3 is 15.4 Å². The molecule has 0 bridgehead atoms. The molecule has 0 saturated heterocycles. The number of fused-ring (bicyclic) bond motifs is 1. The highest BCUT2D eigenvalue weighted by atomic mass is 16.5. The third-order valence-corrected chi connectivity index (χ3v) is 5.53. The number of benzene rings is 2. The van der Waals surface area contributed by atoms with Crippen molar-refractivity contribution in [2.75, 3.05) is 6.61 Å². The van der Waals surface area contributed by atoms with Crippen molar-refractivity contribution >= 4 is 28.6 Å². The Bertz CT molecular complexity index is 915. The predicted molar refractivity (Wildman–Crippen MR) is 116 cm³/mol. The van der Waals surface area contributed by atoms with Gasteiger partial charge in [-0.1, -0.05) is 56.3 Å². The summed E-state index contributed by atoms with van der Waals surface area (Å²) in [6.45, 7) is 5.29. The van der Waals surface area contributed by atoms with Gasteiger partial charge in [-0.2, -0.15) is 0 Å². The highest BCUT2D eigenvalue weighted by Gasteiger charge is 2.30. The van der Waals surface area contributed by atoms with Crippen LogP contribution in [-0.4, -0.2) is 36.5 Å². The summed E-state index contributed by atoms with van der Waals surface area (Å²) in [4.78, 5) is 37.1. The summed E-state index contributed by atoms with van der Waals surface area (Å²) in [5, 5.41) is 7.71. The second-order valence-electron chi connectivity index (χ2n) is 8.41. The van der Waals surface area contributed by atoms with E-state index in [4.69, 9.17) is 4.74 Å². The number of carbonyl (C=O) groups is 3. The number of rotatable bonds is 9. The molecule has 2 aromatic rings. The molecule has 2 amide bonds. The Morgan fingerprint density at radius 3 is 2.37 bits per heavy atom. The van der Waals surface area contributed by atoms with Crippen LogP contribution in [0, 0.1) is 11.8 Å². The lowest BCUT2D eigenvalue weighted by atomic mass is 10.0. The minimum atomic E-state index is -0.805. The fourth-order valence-corrected chi connectivity index (χ4v) is 3.58. The average Bonchev–Trinajstić information content (AvgIpc) is 3.56. The standard InChI is InChI=1S/C24H30N2O4/c1-15(2)23(24(29)30-14-22(28)25-16(3)17-11-12-17)26-21(27)13-19-9-6-8-18-7-4-5-10-20(18)19/h4-10,15-17,23H,11-14H2,1-3H3,(H,25,28)(H,26,27)/t16-,23-/m0/s1. The number of ether oxygens (including phenoxy) is 1. The Morgan fingerprint density at radius 1 is 0.967 bits per heavy atom. The molecule has 1 aliphatic carbocycles. The third-order valence-electron chi connectivity index (χ3n) is 5.53. The lowest BCUT2D eigenvalue weighted by molar-refractivity contribution is -0.153. The number of carbonyl (C=O) groups excluding carboxylic acids is 3. The average molecular weight is 411 g/mol. The van der Waals surface area contributed by atoms with Crippen molar-refractivity contribution in [1.29, 1.82) is 0 Å². The van der Waals surface area contributed by atoms with E-state index in [0.29, 0.717) is 5.92 Å². The van der Waals surface area contributed by atoms with Crippen molar-refractivity contribution in [1.82, 2.24) is 10.6 Å². The second-order valence-corrected chi connectivity index (χ2v) is 8.41. The first-order valence-corrected chi connectivity index (χ1v) is 10.6. The van der Waals surface area contributed by atoms with Crippen LogP contribution in [0.15, 0.2) is 42.5 Å². The second kappa shape index (κ2) is 9.74. The SMILES string of the molecule is CC(C)[C@H](NC(=O)Cc1cccc2ccccc12)C(=O)OCC(=O)N[C@@H](C)C1CC1. The van der Waals surface area contributed by atoms with Crippen molar-refractivity contribution < 1.29 is 19.1 Å². The van der Waals surface area contributed by atoms with Crippen LogP contribution >= 0.6 is 0 Å². The first-order valence-electron chi connectivity index (χ1n) is 10.6. The fraction of sp³-hybridized carbons (Fsp3) is 0.458. The number of nitrogens with one attached hydrogen (secondary N) is 2. The van der Waals surface area contributed by atoms with Crippen LogP contribution in [0.5, 0.6) is 0 Å². The van der Waals surface area contributed by atoms with E-state index < -0.39 is 12.0 Å². The molecule has 160 valence electrons. The molecule has 1 fully saturated rings. The minimum Gasteiger partial charge on any atom is -0.454 e. The molecule has 0 aliphatic heterocycles. The molecule has 1 aliphatic rings. The summed E-state index contributed by atoms with van der Waals surface area (Å²) >= 11 is 0. The fourth-order valence-electron chi connectivity index (χ4n) is 3.58. The van der Waals surface area contributed by atoms with Gasteiger partial charge in [0.25, 0.3) is 5.91 Å². The van der Waals surface area contributed by atoms with Crippen LogP contribution in [-0.2, 0) is 25.5 Å². The van der Waals surface area contributed by atoms with E-state index in [1.54, 1.807) is 0 Å². The van der Waals surface area contributed by atoms with E-state index in [9.17, 15) is 14.4 Å². The first-order chi connectivity index (χ1) is 14.3. The quantitative estimate of drug-likeness (QED) is 0.623. The van der Waals surface area contributed by atoms with Gasteiger partial charge in [-0.25, -0.2) is 4.79 Å². The maximum absolute atomic E-state index is 12.6. The number of amides is 2. The van der Waals surface area contributed by atoms with Crippen molar-refractivity contribution in [3.63, 3.8) is 0 Å². The molecule has 30 heavy (non-hydrogen) atoms. The molecule has 2 aromatic carbocycles. The van der Waals surface area contributed by atoms with Gasteiger partial charge in [0.2, 0.25) is 5.91 Å². The van der Waals surface area contributed by atoms with Crippen molar-refractivity contribution in [2.45, 2.75) is 52.1 Å². The van der Waals surface area contributed by atoms with Crippen LogP contribution in [0.2, 0.25) is 0 Å². The van der Waals surface area contributed by atoms with Gasteiger partial charge in [-0.15, -0.1) is 0 Å². The summed E-state index contributed by atoms with van der Waals surface area (Å²) in [6, 6.07) is 13.0. The zero-order valence-electron chi connectivity index (χ0n) is 17.8. The van der Waals surface area contributed by atoms with Crippen LogP contribution in [0.4, 0.5) is 0 Å². The normalized spacial score (nSPS) is 15.5. The van der Waals surface area contributed by atoms with E-state index >= 15 is 0 Å². The monoisotopic (exact) mass is 410 g/mol. The maximum atomic E-state index is 12.6. The number of esters is 1. The Hall–Kier alpha value is -2.89. The topological polar surface area (TPSA) is 84.5 Å². The van der Waals surface area contributed by atoms with Gasteiger partial charge >= 0.3 is 5.97 Å². The number of hydrogen-bond donors (Lipinski definition) is 2. The molecule has 0 unspecified atom stereocenters. The summed E-state index contributed by atoms with van der Waals surface area (Å²) in [7, 11) is 0. The largest absolute Gasteiger partial charge is 0.454 e. The van der Waals surface area contributed by atoms with Crippen LogP contribution < -0.4 is 10.6 Å². The van der Waals surface area contributed by atoms with E-state index in [2.05, 4.69) is 10.6 Å². The molecular formula is C24H30N2O4. The van der Waals surface area contributed by atoms with Gasteiger partial charge in [-0.3, -0.25) is 9.59 Å². The van der Waals surface area contributed by atoms with Gasteiger partial charge in [0.05, 0.1) is 6.42 Å². The Morgan fingerprint density at radius 2 is 1.67 bits per heavy atom. The lowest BCUT2D eigenvalue weighted by Gasteiger charge is -2.21. The molecular weight excluding hydrogens is 380 g/mol. The van der Waals surface area contributed by atoms with Crippen LogP contribution in [0.25, 0.3) is 10.8 Å². The highest BCUT2D eigenvalue weighted by molar-refractivity contribution is 5.92. The van der Waals surface area contributed by atoms with Crippen LogP contribution in [0.1, 0.15) is 39.2 Å². The van der Waals surface area contributed by atoms with E-state index in [1.807, 2.05) is 63.2 Å². The van der Waals surface area contributed by atoms with Gasteiger partial charge in [0.1, 0.15) is 6.04 Å². The third kappa shape index (κ3) is 5.81. The molecule has 0 heterocycles. The maximum Gasteiger partial charge on any atom is 0.329 e. The minimum absolute atomic E-state index is 0.0949. The van der Waals surface area contributed by atoms with Gasteiger partial charge in [0, 0.05) is 6.04 Å². The van der Waals surface area contributed by atoms with Crippen molar-refractivity contribution in [3.05, 3.63) is 48.0 Å².